The Bertz CT molecular complexity index is 445. The first-order valence-corrected chi connectivity index (χ1v) is 6.04. The van der Waals surface area contributed by atoms with Gasteiger partial charge in [0.25, 0.3) is 0 Å². The predicted octanol–water partition coefficient (Wildman–Crippen LogP) is 1.47. The zero-order valence-corrected chi connectivity index (χ0v) is 9.66. The molecule has 0 saturated heterocycles. The number of rotatable bonds is 1. The number of aliphatic hydroxyl groups excluding tert-OH is 1. The summed E-state index contributed by atoms with van der Waals surface area (Å²) in [6, 6.07) is 0. The minimum Gasteiger partial charge on any atom is -0.392 e. The Hall–Kier alpha value is -1.06. The molecule has 0 bridgehead atoms. The second kappa shape index (κ2) is 3.75. The van der Waals surface area contributed by atoms with Crippen LogP contribution >= 0.6 is 0 Å². The maximum atomic E-state index is 9.45. The molecule has 0 spiro atoms. The van der Waals surface area contributed by atoms with E-state index in [1.165, 1.54) is 16.8 Å². The van der Waals surface area contributed by atoms with Crippen LogP contribution in [0.2, 0.25) is 0 Å². The van der Waals surface area contributed by atoms with Crippen LogP contribution in [0.4, 0.5) is 0 Å². The summed E-state index contributed by atoms with van der Waals surface area (Å²) in [5.41, 5.74) is 5.27. The average molecular weight is 218 g/mol. The molecule has 16 heavy (non-hydrogen) atoms. The maximum Gasteiger partial charge on any atom is 0.0699 e. The molecule has 0 radical (unpaired) electrons. The summed E-state index contributed by atoms with van der Waals surface area (Å²) in [5.74, 6) is 0.542. The lowest BCUT2D eigenvalue weighted by atomic mass is 9.86. The van der Waals surface area contributed by atoms with Crippen molar-refractivity contribution >= 4 is 5.57 Å². The Morgan fingerprint density at radius 2 is 2.44 bits per heavy atom. The molecule has 0 amide bonds. The maximum absolute atomic E-state index is 9.45. The minimum absolute atomic E-state index is 0.167. The third kappa shape index (κ3) is 1.35. The minimum atomic E-state index is 0.167. The molecule has 2 heterocycles. The SMILES string of the molecule is CC1CC=C2CNCCn3cc(CO)c1c32. The monoisotopic (exact) mass is 218 g/mol. The van der Waals surface area contributed by atoms with Crippen LogP contribution in [0.3, 0.4) is 0 Å². The normalized spacial score (nSPS) is 23.6. The molecule has 1 unspecified atom stereocenters. The summed E-state index contributed by atoms with van der Waals surface area (Å²) in [7, 11) is 0. The molecule has 0 aromatic carbocycles. The van der Waals surface area contributed by atoms with Gasteiger partial charge in [0.2, 0.25) is 0 Å². The third-order valence-electron chi connectivity index (χ3n) is 3.73. The zero-order chi connectivity index (χ0) is 11.1. The Kier molecular flexibility index (Phi) is 2.37. The van der Waals surface area contributed by atoms with Crippen molar-refractivity contribution in [3.05, 3.63) is 29.1 Å². The third-order valence-corrected chi connectivity index (χ3v) is 3.73. The second-order valence-electron chi connectivity index (χ2n) is 4.81. The summed E-state index contributed by atoms with van der Waals surface area (Å²) >= 11 is 0. The van der Waals surface area contributed by atoms with E-state index in [-0.39, 0.29) is 6.61 Å². The van der Waals surface area contributed by atoms with Gasteiger partial charge in [0.15, 0.2) is 0 Å². The van der Waals surface area contributed by atoms with Gasteiger partial charge in [-0.1, -0.05) is 13.0 Å². The summed E-state index contributed by atoms with van der Waals surface area (Å²) in [4.78, 5) is 0. The van der Waals surface area contributed by atoms with Gasteiger partial charge in [0.05, 0.1) is 6.61 Å². The van der Waals surface area contributed by atoms with Gasteiger partial charge in [-0.3, -0.25) is 0 Å². The van der Waals surface area contributed by atoms with Crippen molar-refractivity contribution < 1.29 is 5.11 Å². The van der Waals surface area contributed by atoms with E-state index in [4.69, 9.17) is 0 Å². The van der Waals surface area contributed by atoms with E-state index >= 15 is 0 Å². The van der Waals surface area contributed by atoms with E-state index in [1.54, 1.807) is 0 Å². The highest BCUT2D eigenvalue weighted by atomic mass is 16.3. The number of hydrogen-bond donors (Lipinski definition) is 2. The van der Waals surface area contributed by atoms with Gasteiger partial charge in [-0.15, -0.1) is 0 Å². The molecule has 1 aliphatic heterocycles. The Balaban J connectivity index is 2.21. The smallest absolute Gasteiger partial charge is 0.0699 e. The molecular formula is C13H18N2O. The van der Waals surface area contributed by atoms with Gasteiger partial charge in [-0.2, -0.15) is 0 Å². The van der Waals surface area contributed by atoms with Gasteiger partial charge in [0, 0.05) is 31.5 Å². The summed E-state index contributed by atoms with van der Waals surface area (Å²) < 4.78 is 2.31. The van der Waals surface area contributed by atoms with Crippen LogP contribution in [-0.2, 0) is 13.2 Å². The van der Waals surface area contributed by atoms with Crippen molar-refractivity contribution in [3.8, 4) is 0 Å². The molecule has 3 rings (SSSR count). The molecule has 0 saturated carbocycles. The first-order chi connectivity index (χ1) is 7.81. The molecule has 86 valence electrons. The molecule has 1 aromatic rings. The van der Waals surface area contributed by atoms with Gasteiger partial charge in [-0.05, 0) is 29.0 Å². The van der Waals surface area contributed by atoms with Crippen LogP contribution in [-0.4, -0.2) is 22.8 Å². The largest absolute Gasteiger partial charge is 0.392 e. The van der Waals surface area contributed by atoms with Crippen LogP contribution in [0.5, 0.6) is 0 Å². The van der Waals surface area contributed by atoms with Crippen molar-refractivity contribution in [2.75, 3.05) is 13.1 Å². The molecule has 1 atom stereocenters. The number of hydrogen-bond acceptors (Lipinski definition) is 2. The van der Waals surface area contributed by atoms with E-state index in [0.29, 0.717) is 5.92 Å². The van der Waals surface area contributed by atoms with Gasteiger partial charge < -0.3 is 15.0 Å². The van der Waals surface area contributed by atoms with Crippen molar-refractivity contribution in [3.63, 3.8) is 0 Å². The van der Waals surface area contributed by atoms with Crippen molar-refractivity contribution in [2.45, 2.75) is 32.4 Å². The zero-order valence-electron chi connectivity index (χ0n) is 9.66. The number of allylic oxidation sites excluding steroid dienone is 1. The molecule has 0 fully saturated rings. The van der Waals surface area contributed by atoms with Crippen LogP contribution in [0.15, 0.2) is 12.3 Å². The highest BCUT2D eigenvalue weighted by molar-refractivity contribution is 5.71. The highest BCUT2D eigenvalue weighted by Crippen LogP contribution is 2.38. The quantitative estimate of drug-likeness (QED) is 0.749. The summed E-state index contributed by atoms with van der Waals surface area (Å²) in [6.07, 6.45) is 5.58. The van der Waals surface area contributed by atoms with Gasteiger partial charge >= 0.3 is 0 Å². The molecule has 1 aliphatic carbocycles. The molecule has 1 aromatic heterocycles. The lowest BCUT2D eigenvalue weighted by Gasteiger charge is -2.21. The van der Waals surface area contributed by atoms with E-state index in [2.05, 4.69) is 29.1 Å². The van der Waals surface area contributed by atoms with Crippen LogP contribution in [0.1, 0.15) is 36.1 Å². The standard InChI is InChI=1S/C13H18N2O/c1-9-2-3-10-6-14-4-5-15-7-11(8-16)12(9)13(10)15/h3,7,9,14,16H,2,4-6,8H2,1H3. The van der Waals surface area contributed by atoms with Crippen LogP contribution in [0.25, 0.3) is 5.57 Å². The fourth-order valence-electron chi connectivity index (χ4n) is 2.95. The van der Waals surface area contributed by atoms with E-state index in [9.17, 15) is 5.11 Å². The topological polar surface area (TPSA) is 37.2 Å². The molecule has 3 heteroatoms. The first kappa shape index (κ1) is 10.1. The van der Waals surface area contributed by atoms with Gasteiger partial charge in [0.1, 0.15) is 0 Å². The molecule has 3 nitrogen and oxygen atoms in total. The number of aliphatic hydroxyl groups is 1. The average Bonchev–Trinajstić information content (AvgIpc) is 2.55. The summed E-state index contributed by atoms with van der Waals surface area (Å²) in [5, 5.41) is 12.9. The Labute approximate surface area is 95.8 Å². The van der Waals surface area contributed by atoms with E-state index < -0.39 is 0 Å². The fraction of sp³-hybridized carbons (Fsp3) is 0.538. The summed E-state index contributed by atoms with van der Waals surface area (Å²) in [6.45, 7) is 5.40. The Morgan fingerprint density at radius 1 is 1.56 bits per heavy atom. The lowest BCUT2D eigenvalue weighted by Crippen LogP contribution is -2.17. The van der Waals surface area contributed by atoms with Crippen molar-refractivity contribution in [2.24, 2.45) is 0 Å². The van der Waals surface area contributed by atoms with Crippen LogP contribution in [0, 0.1) is 0 Å². The van der Waals surface area contributed by atoms with E-state index in [1.807, 2.05) is 0 Å². The first-order valence-electron chi connectivity index (χ1n) is 6.04. The second-order valence-corrected chi connectivity index (χ2v) is 4.81. The number of nitrogens with one attached hydrogen (secondary N) is 1. The van der Waals surface area contributed by atoms with E-state index in [0.717, 1.165) is 31.6 Å². The predicted molar refractivity (Wildman–Crippen MR) is 64.2 cm³/mol. The molecular weight excluding hydrogens is 200 g/mol. The number of nitrogens with zero attached hydrogens (tertiary/aromatic N) is 1. The molecule has 2 N–H and O–H groups in total. The highest BCUT2D eigenvalue weighted by Gasteiger charge is 2.26. The Morgan fingerprint density at radius 3 is 3.25 bits per heavy atom. The van der Waals surface area contributed by atoms with Crippen molar-refractivity contribution in [1.29, 1.82) is 0 Å². The van der Waals surface area contributed by atoms with Crippen LogP contribution < -0.4 is 5.32 Å². The number of aromatic nitrogens is 1. The van der Waals surface area contributed by atoms with Gasteiger partial charge in [-0.25, -0.2) is 0 Å². The molecule has 2 aliphatic rings. The lowest BCUT2D eigenvalue weighted by molar-refractivity contribution is 0.280. The van der Waals surface area contributed by atoms with Crippen molar-refractivity contribution in [1.82, 2.24) is 9.88 Å². The fourth-order valence-corrected chi connectivity index (χ4v) is 2.95.